The maximum Gasteiger partial charge on any atom is 0.223 e. The molecule has 0 aromatic carbocycles. The minimum absolute atomic E-state index is 0.0653. The van der Waals surface area contributed by atoms with Gasteiger partial charge in [-0.1, -0.05) is 19.3 Å². The van der Waals surface area contributed by atoms with Gasteiger partial charge in [0.25, 0.3) is 0 Å². The third kappa shape index (κ3) is 4.25. The Morgan fingerprint density at radius 1 is 1.33 bits per heavy atom. The summed E-state index contributed by atoms with van der Waals surface area (Å²) in [6.07, 6.45) is 6.55. The van der Waals surface area contributed by atoms with Crippen LogP contribution in [0, 0.1) is 5.41 Å². The lowest BCUT2D eigenvalue weighted by atomic mass is 9.71. The molecule has 1 rings (SSSR count). The van der Waals surface area contributed by atoms with Gasteiger partial charge in [-0.3, -0.25) is 4.79 Å². The summed E-state index contributed by atoms with van der Waals surface area (Å²) in [6, 6.07) is 0. The molecule has 0 spiro atoms. The first-order valence-corrected chi connectivity index (χ1v) is 7.14. The molecule has 1 aliphatic carbocycles. The van der Waals surface area contributed by atoms with Crippen LogP contribution < -0.4 is 5.73 Å². The molecule has 1 fully saturated rings. The van der Waals surface area contributed by atoms with Gasteiger partial charge in [-0.05, 0) is 31.7 Å². The second-order valence-electron chi connectivity index (χ2n) is 5.41. The van der Waals surface area contributed by atoms with E-state index in [1.54, 1.807) is 7.11 Å². The van der Waals surface area contributed by atoms with Gasteiger partial charge < -0.3 is 15.4 Å². The molecule has 0 aromatic rings. The maximum absolute atomic E-state index is 12.3. The van der Waals surface area contributed by atoms with E-state index >= 15 is 0 Å². The highest BCUT2D eigenvalue weighted by atomic mass is 16.5. The van der Waals surface area contributed by atoms with Crippen LogP contribution in [0.5, 0.6) is 0 Å². The summed E-state index contributed by atoms with van der Waals surface area (Å²) in [7, 11) is 1.67. The zero-order valence-corrected chi connectivity index (χ0v) is 11.9. The first kappa shape index (κ1) is 15.4. The Hall–Kier alpha value is -0.610. The van der Waals surface area contributed by atoms with E-state index in [0.717, 1.165) is 19.4 Å². The molecule has 0 radical (unpaired) electrons. The molecular formula is C14H28N2O2. The Morgan fingerprint density at radius 3 is 2.50 bits per heavy atom. The number of carbonyl (C=O) groups excluding carboxylic acids is 1. The molecule has 1 aliphatic rings. The molecule has 0 bridgehead atoms. The highest BCUT2D eigenvalue weighted by Crippen LogP contribution is 2.38. The Morgan fingerprint density at radius 2 is 2.00 bits per heavy atom. The molecule has 2 N–H and O–H groups in total. The lowest BCUT2D eigenvalue weighted by Crippen LogP contribution is -2.41. The van der Waals surface area contributed by atoms with Crippen molar-refractivity contribution in [2.24, 2.45) is 11.1 Å². The van der Waals surface area contributed by atoms with Crippen molar-refractivity contribution < 1.29 is 9.53 Å². The van der Waals surface area contributed by atoms with Gasteiger partial charge in [-0.15, -0.1) is 0 Å². The van der Waals surface area contributed by atoms with Crippen LogP contribution in [0.1, 0.15) is 45.4 Å². The Labute approximate surface area is 111 Å². The Bertz CT molecular complexity index is 250. The van der Waals surface area contributed by atoms with Crippen LogP contribution in [-0.2, 0) is 9.53 Å². The summed E-state index contributed by atoms with van der Waals surface area (Å²) >= 11 is 0. The lowest BCUT2D eigenvalue weighted by molar-refractivity contribution is -0.134. The van der Waals surface area contributed by atoms with Crippen LogP contribution in [-0.4, -0.2) is 44.2 Å². The number of carbonyl (C=O) groups is 1. The third-order valence-corrected chi connectivity index (χ3v) is 4.17. The average molecular weight is 256 g/mol. The van der Waals surface area contributed by atoms with Crippen molar-refractivity contribution in [2.75, 3.05) is 33.4 Å². The van der Waals surface area contributed by atoms with E-state index < -0.39 is 0 Å². The summed E-state index contributed by atoms with van der Waals surface area (Å²) < 4.78 is 5.05. The topological polar surface area (TPSA) is 55.6 Å². The van der Waals surface area contributed by atoms with Gasteiger partial charge in [-0.2, -0.15) is 0 Å². The zero-order valence-electron chi connectivity index (χ0n) is 11.9. The van der Waals surface area contributed by atoms with Crippen LogP contribution in [0.25, 0.3) is 0 Å². The van der Waals surface area contributed by atoms with Gasteiger partial charge in [-0.25, -0.2) is 0 Å². The van der Waals surface area contributed by atoms with Gasteiger partial charge in [0.05, 0.1) is 6.61 Å². The van der Waals surface area contributed by atoms with Gasteiger partial charge >= 0.3 is 0 Å². The van der Waals surface area contributed by atoms with E-state index in [9.17, 15) is 4.79 Å². The number of nitrogens with two attached hydrogens (primary N) is 1. The summed E-state index contributed by atoms with van der Waals surface area (Å²) in [5.74, 6) is 0.238. The molecule has 4 nitrogen and oxygen atoms in total. The molecule has 0 heterocycles. The molecule has 1 saturated carbocycles. The van der Waals surface area contributed by atoms with Crippen molar-refractivity contribution in [3.63, 3.8) is 0 Å². The first-order chi connectivity index (χ1) is 8.67. The monoisotopic (exact) mass is 256 g/mol. The number of nitrogens with zero attached hydrogens (tertiary/aromatic N) is 1. The van der Waals surface area contributed by atoms with Crippen molar-refractivity contribution in [1.29, 1.82) is 0 Å². The van der Waals surface area contributed by atoms with Crippen molar-refractivity contribution >= 4 is 5.91 Å². The molecule has 4 heteroatoms. The summed E-state index contributed by atoms with van der Waals surface area (Å²) in [5.41, 5.74) is 6.00. The summed E-state index contributed by atoms with van der Waals surface area (Å²) in [5, 5.41) is 0. The standard InChI is InChI=1S/C14H28N2O2/c1-3-16(9-10-18-2)13(17)11-14(12-15)7-5-4-6-8-14/h3-12,15H2,1-2H3. The number of likely N-dealkylation sites (N-methyl/N-ethyl adjacent to an activating group) is 1. The number of ether oxygens (including phenoxy) is 1. The van der Waals surface area contributed by atoms with Crippen molar-refractivity contribution in [1.82, 2.24) is 4.90 Å². The Kier molecular flexibility index (Phi) is 6.65. The van der Waals surface area contributed by atoms with Gasteiger partial charge in [0.2, 0.25) is 5.91 Å². The summed E-state index contributed by atoms with van der Waals surface area (Å²) in [6.45, 7) is 4.70. The van der Waals surface area contributed by atoms with Crippen molar-refractivity contribution in [2.45, 2.75) is 45.4 Å². The Balaban J connectivity index is 2.53. The largest absolute Gasteiger partial charge is 0.383 e. The van der Waals surface area contributed by atoms with Crippen LogP contribution in [0.2, 0.25) is 0 Å². The fraction of sp³-hybridized carbons (Fsp3) is 0.929. The van der Waals surface area contributed by atoms with E-state index in [-0.39, 0.29) is 11.3 Å². The first-order valence-electron chi connectivity index (χ1n) is 7.14. The highest BCUT2D eigenvalue weighted by Gasteiger charge is 2.34. The van der Waals surface area contributed by atoms with E-state index in [1.807, 2.05) is 11.8 Å². The third-order valence-electron chi connectivity index (χ3n) is 4.17. The molecule has 0 aromatic heterocycles. The highest BCUT2D eigenvalue weighted by molar-refractivity contribution is 5.77. The number of hydrogen-bond acceptors (Lipinski definition) is 3. The molecular weight excluding hydrogens is 228 g/mol. The predicted molar refractivity (Wildman–Crippen MR) is 73.3 cm³/mol. The molecule has 0 saturated heterocycles. The molecule has 106 valence electrons. The van der Waals surface area contributed by atoms with Crippen LogP contribution in [0.3, 0.4) is 0 Å². The van der Waals surface area contributed by atoms with Gasteiger partial charge in [0, 0.05) is 26.6 Å². The normalized spacial score (nSPS) is 18.6. The molecule has 0 atom stereocenters. The SMILES string of the molecule is CCN(CCOC)C(=O)CC1(CN)CCCCC1. The number of amides is 1. The molecule has 1 amide bonds. The average Bonchev–Trinajstić information content (AvgIpc) is 2.40. The van der Waals surface area contributed by atoms with E-state index in [1.165, 1.54) is 19.3 Å². The quantitative estimate of drug-likeness (QED) is 0.755. The predicted octanol–water partition coefficient (Wildman–Crippen LogP) is 1.78. The van der Waals surface area contributed by atoms with Crippen LogP contribution in [0.4, 0.5) is 0 Å². The van der Waals surface area contributed by atoms with E-state index in [0.29, 0.717) is 26.1 Å². The number of rotatable bonds is 7. The lowest BCUT2D eigenvalue weighted by Gasteiger charge is -2.37. The molecule has 18 heavy (non-hydrogen) atoms. The zero-order chi connectivity index (χ0) is 13.4. The van der Waals surface area contributed by atoms with Gasteiger partial charge in [0.1, 0.15) is 0 Å². The van der Waals surface area contributed by atoms with Crippen molar-refractivity contribution in [3.8, 4) is 0 Å². The van der Waals surface area contributed by atoms with Crippen molar-refractivity contribution in [3.05, 3.63) is 0 Å². The fourth-order valence-electron chi connectivity index (χ4n) is 2.85. The van der Waals surface area contributed by atoms with Crippen LogP contribution in [0.15, 0.2) is 0 Å². The van der Waals surface area contributed by atoms with E-state index in [2.05, 4.69) is 0 Å². The van der Waals surface area contributed by atoms with E-state index in [4.69, 9.17) is 10.5 Å². The second kappa shape index (κ2) is 7.74. The minimum Gasteiger partial charge on any atom is -0.383 e. The van der Waals surface area contributed by atoms with Gasteiger partial charge in [0.15, 0.2) is 0 Å². The summed E-state index contributed by atoms with van der Waals surface area (Å²) in [4.78, 5) is 14.2. The van der Waals surface area contributed by atoms with Crippen LogP contribution >= 0.6 is 0 Å². The molecule has 0 aliphatic heterocycles. The number of hydrogen-bond donors (Lipinski definition) is 1. The molecule has 0 unspecified atom stereocenters. The number of methoxy groups -OCH3 is 1. The minimum atomic E-state index is 0.0653. The fourth-order valence-corrected chi connectivity index (χ4v) is 2.85. The second-order valence-corrected chi connectivity index (χ2v) is 5.41. The maximum atomic E-state index is 12.3. The smallest absolute Gasteiger partial charge is 0.223 e.